The Morgan fingerprint density at radius 3 is 2.68 bits per heavy atom. The summed E-state index contributed by atoms with van der Waals surface area (Å²) in [5.74, 6) is -1.94. The molecule has 1 aromatic carbocycles. The van der Waals surface area contributed by atoms with E-state index < -0.39 is 29.2 Å². The van der Waals surface area contributed by atoms with Crippen LogP contribution in [0.2, 0.25) is 15.1 Å². The van der Waals surface area contributed by atoms with Crippen molar-refractivity contribution in [2.45, 2.75) is 35.2 Å². The van der Waals surface area contributed by atoms with E-state index >= 15 is 0 Å². The van der Waals surface area contributed by atoms with Crippen LogP contribution in [0.15, 0.2) is 39.9 Å². The highest BCUT2D eigenvalue weighted by atomic mass is 35.5. The number of thioether (sulfide) groups is 2. The van der Waals surface area contributed by atoms with E-state index in [9.17, 15) is 24.3 Å². The normalized spacial score (nSPS) is 26.2. The van der Waals surface area contributed by atoms with Gasteiger partial charge in [-0.3, -0.25) is 19.3 Å². The largest absolute Gasteiger partial charge is 0.477 e. The Morgan fingerprint density at radius 2 is 1.97 bits per heavy atom. The Morgan fingerprint density at radius 1 is 1.21 bits per heavy atom. The fraction of sp³-hybridized carbons (Fsp3) is 0.417. The van der Waals surface area contributed by atoms with E-state index in [-0.39, 0.29) is 23.4 Å². The van der Waals surface area contributed by atoms with Gasteiger partial charge in [0.1, 0.15) is 17.1 Å². The summed E-state index contributed by atoms with van der Waals surface area (Å²) in [6.07, 6.45) is 3.06. The second-order valence-corrected chi connectivity index (χ2v) is 12.5. The van der Waals surface area contributed by atoms with Gasteiger partial charge in [-0.1, -0.05) is 34.8 Å². The molecule has 0 spiro atoms. The maximum atomic E-state index is 13.0. The second kappa shape index (κ2) is 11.3. The first-order valence-electron chi connectivity index (χ1n) is 11.9. The van der Waals surface area contributed by atoms with Crippen molar-refractivity contribution in [2.75, 3.05) is 31.1 Å². The average Bonchev–Trinajstić information content (AvgIpc) is 3.53. The number of β-lactam (4-membered cyclic amide) rings is 1. The summed E-state index contributed by atoms with van der Waals surface area (Å²) < 4.78 is 0. The standard InChI is InChI=1S/C24H23Cl3N4O5S2/c25-14-6-16(27)17(7-15(14)26)37-10-18(32)29-19-22(34)31-20(24(35)36)12(9-38-23(19)31)5-11-2-4-30(21(11)33)13-1-3-28-8-13/h5-7,13,19,23,28H,1-4,8-10H2,(H,29,32)(H,35,36)/b11-5+/t13?,19-,23-/m1/s1. The van der Waals surface area contributed by atoms with E-state index in [4.69, 9.17) is 34.8 Å². The number of benzene rings is 1. The van der Waals surface area contributed by atoms with Gasteiger partial charge in [-0.25, -0.2) is 4.79 Å². The zero-order valence-corrected chi connectivity index (χ0v) is 23.7. The molecule has 4 heterocycles. The minimum Gasteiger partial charge on any atom is -0.477 e. The van der Waals surface area contributed by atoms with Crippen molar-refractivity contribution in [3.05, 3.63) is 50.1 Å². The van der Waals surface area contributed by atoms with Gasteiger partial charge in [-0.15, -0.1) is 23.5 Å². The van der Waals surface area contributed by atoms with Crippen LogP contribution in [-0.4, -0.2) is 87.2 Å². The highest BCUT2D eigenvalue weighted by Crippen LogP contribution is 2.41. The summed E-state index contributed by atoms with van der Waals surface area (Å²) in [7, 11) is 0. The first-order valence-corrected chi connectivity index (χ1v) is 15.0. The van der Waals surface area contributed by atoms with Crippen LogP contribution in [0.4, 0.5) is 0 Å². The predicted molar refractivity (Wildman–Crippen MR) is 148 cm³/mol. The first-order chi connectivity index (χ1) is 18.2. The summed E-state index contributed by atoms with van der Waals surface area (Å²) in [5, 5.41) is 16.3. The van der Waals surface area contributed by atoms with Crippen LogP contribution in [-0.2, 0) is 19.2 Å². The number of carboxylic acid groups (broad SMARTS) is 1. The van der Waals surface area contributed by atoms with Gasteiger partial charge in [0.05, 0.1) is 20.8 Å². The Labute approximate surface area is 242 Å². The van der Waals surface area contributed by atoms with Gasteiger partial charge in [0.15, 0.2) is 0 Å². The van der Waals surface area contributed by atoms with Gasteiger partial charge in [0, 0.05) is 35.4 Å². The molecule has 3 atom stereocenters. The average molecular weight is 618 g/mol. The highest BCUT2D eigenvalue weighted by molar-refractivity contribution is 8.00. The number of hydrogen-bond donors (Lipinski definition) is 3. The van der Waals surface area contributed by atoms with Gasteiger partial charge in [0.25, 0.3) is 5.91 Å². The van der Waals surface area contributed by atoms with Crippen molar-refractivity contribution in [1.82, 2.24) is 20.4 Å². The maximum absolute atomic E-state index is 13.0. The number of fused-ring (bicyclic) bond motifs is 1. The molecule has 4 aliphatic heterocycles. The minimum atomic E-state index is -1.24. The van der Waals surface area contributed by atoms with E-state index in [0.717, 1.165) is 31.3 Å². The Bertz CT molecular complexity index is 1280. The molecule has 0 aliphatic carbocycles. The van der Waals surface area contributed by atoms with Crippen molar-refractivity contribution in [1.29, 1.82) is 0 Å². The summed E-state index contributed by atoms with van der Waals surface area (Å²) in [5.41, 5.74) is 0.847. The number of carbonyl (C=O) groups is 4. The van der Waals surface area contributed by atoms with Gasteiger partial charge in [-0.2, -0.15) is 0 Å². The predicted octanol–water partition coefficient (Wildman–Crippen LogP) is 3.00. The number of halogens is 3. The molecular formula is C24H23Cl3N4O5S2. The van der Waals surface area contributed by atoms with Crippen LogP contribution < -0.4 is 10.6 Å². The molecule has 3 saturated heterocycles. The quantitative estimate of drug-likeness (QED) is 0.185. The van der Waals surface area contributed by atoms with Crippen molar-refractivity contribution in [2.24, 2.45) is 0 Å². The molecule has 14 heteroatoms. The van der Waals surface area contributed by atoms with Crippen LogP contribution in [0.5, 0.6) is 0 Å². The Hall–Kier alpha value is -1.89. The molecule has 38 heavy (non-hydrogen) atoms. The SMILES string of the molecule is O=C(CSc1cc(Cl)c(Cl)cc1Cl)N[C@@H]1C(=O)N2C(C(=O)O)=C(/C=C3\CCN(C4CCNC4)C3=O)CS[C@H]12. The molecule has 3 amide bonds. The minimum absolute atomic E-state index is 0.0209. The van der Waals surface area contributed by atoms with Crippen LogP contribution in [0, 0.1) is 0 Å². The maximum Gasteiger partial charge on any atom is 0.352 e. The third kappa shape index (κ3) is 5.29. The number of amides is 3. The van der Waals surface area contributed by atoms with E-state index in [2.05, 4.69) is 10.6 Å². The van der Waals surface area contributed by atoms with Crippen molar-refractivity contribution >= 4 is 82.0 Å². The number of rotatable bonds is 7. The lowest BCUT2D eigenvalue weighted by molar-refractivity contribution is -0.150. The number of nitrogens with one attached hydrogen (secondary N) is 2. The summed E-state index contributed by atoms with van der Waals surface area (Å²) in [6.45, 7) is 2.23. The molecule has 4 aliphatic rings. The Kier molecular flexibility index (Phi) is 8.23. The molecule has 0 radical (unpaired) electrons. The van der Waals surface area contributed by atoms with Crippen LogP contribution >= 0.6 is 58.3 Å². The van der Waals surface area contributed by atoms with E-state index in [1.165, 1.54) is 22.7 Å². The first kappa shape index (κ1) is 27.7. The topological polar surface area (TPSA) is 119 Å². The number of aliphatic carboxylic acids is 1. The zero-order valence-electron chi connectivity index (χ0n) is 19.8. The molecular weight excluding hydrogens is 595 g/mol. The molecule has 3 N–H and O–H groups in total. The van der Waals surface area contributed by atoms with E-state index in [1.54, 1.807) is 12.1 Å². The molecule has 202 valence electrons. The molecule has 1 aromatic rings. The molecule has 1 unspecified atom stereocenters. The monoisotopic (exact) mass is 616 g/mol. The van der Waals surface area contributed by atoms with Crippen LogP contribution in [0.1, 0.15) is 12.8 Å². The molecule has 0 aromatic heterocycles. The van der Waals surface area contributed by atoms with Crippen LogP contribution in [0.3, 0.4) is 0 Å². The van der Waals surface area contributed by atoms with Gasteiger partial charge >= 0.3 is 5.97 Å². The summed E-state index contributed by atoms with van der Waals surface area (Å²) >= 11 is 20.6. The summed E-state index contributed by atoms with van der Waals surface area (Å²) in [4.78, 5) is 54.3. The second-order valence-electron chi connectivity index (χ2n) is 9.18. The highest BCUT2D eigenvalue weighted by Gasteiger charge is 2.54. The van der Waals surface area contributed by atoms with Crippen molar-refractivity contribution < 1.29 is 24.3 Å². The fourth-order valence-corrected chi connectivity index (χ4v) is 7.81. The zero-order chi connectivity index (χ0) is 27.1. The number of allylic oxidation sites excluding steroid dienone is 1. The molecule has 0 saturated carbocycles. The fourth-order valence-electron chi connectivity index (χ4n) is 4.96. The van der Waals surface area contributed by atoms with E-state index in [0.29, 0.717) is 49.8 Å². The Balaban J connectivity index is 1.25. The smallest absolute Gasteiger partial charge is 0.352 e. The number of nitrogens with zero attached hydrogens (tertiary/aromatic N) is 2. The molecule has 3 fully saturated rings. The lowest BCUT2D eigenvalue weighted by Crippen LogP contribution is -2.70. The molecule has 5 rings (SSSR count). The molecule has 0 bridgehead atoms. The van der Waals surface area contributed by atoms with Gasteiger partial charge < -0.3 is 20.6 Å². The van der Waals surface area contributed by atoms with Crippen molar-refractivity contribution in [3.8, 4) is 0 Å². The van der Waals surface area contributed by atoms with Gasteiger partial charge in [-0.05, 0) is 43.2 Å². The number of likely N-dealkylation sites (tertiary alicyclic amines) is 1. The van der Waals surface area contributed by atoms with Gasteiger partial charge in [0.2, 0.25) is 11.8 Å². The number of hydrogen-bond acceptors (Lipinski definition) is 7. The third-order valence-electron chi connectivity index (χ3n) is 6.83. The van der Waals surface area contributed by atoms with Crippen LogP contribution in [0.25, 0.3) is 0 Å². The lowest BCUT2D eigenvalue weighted by Gasteiger charge is -2.49. The number of carbonyl (C=O) groups excluding carboxylic acids is 3. The van der Waals surface area contributed by atoms with E-state index in [1.807, 2.05) is 4.90 Å². The van der Waals surface area contributed by atoms with Crippen molar-refractivity contribution in [3.63, 3.8) is 0 Å². The lowest BCUT2D eigenvalue weighted by atomic mass is 10.0. The number of carboxylic acids is 1. The summed E-state index contributed by atoms with van der Waals surface area (Å²) in [6, 6.07) is 2.36. The molecule has 9 nitrogen and oxygen atoms in total. The third-order valence-corrected chi connectivity index (χ3v) is 10.3.